The van der Waals surface area contributed by atoms with Crippen LogP contribution in [0.15, 0.2) is 48.5 Å². The zero-order valence-corrected chi connectivity index (χ0v) is 14.8. The molecule has 0 heterocycles. The molecule has 0 saturated carbocycles. The molecule has 0 aliphatic heterocycles. The highest BCUT2D eigenvalue weighted by Gasteiger charge is 2.12. The summed E-state index contributed by atoms with van der Waals surface area (Å²) in [4.78, 5) is 35.3. The molecule has 2 aromatic rings. The normalized spacial score (nSPS) is 10.1. The maximum absolute atomic E-state index is 11.9. The van der Waals surface area contributed by atoms with E-state index in [4.69, 9.17) is 9.47 Å². The van der Waals surface area contributed by atoms with Crippen molar-refractivity contribution in [1.29, 1.82) is 0 Å². The van der Waals surface area contributed by atoms with Crippen molar-refractivity contribution in [2.24, 2.45) is 0 Å². The number of Topliss-reactive ketones (excluding diaryl/α,β-unsaturated/α-hetero) is 1. The van der Waals surface area contributed by atoms with Gasteiger partial charge in [-0.15, -0.1) is 0 Å². The fraction of sp³-hybridized carbons (Fsp3) is 0.250. The summed E-state index contributed by atoms with van der Waals surface area (Å²) < 4.78 is 10.7. The summed E-state index contributed by atoms with van der Waals surface area (Å²) in [5.41, 5.74) is 1.58. The first-order valence-corrected chi connectivity index (χ1v) is 8.26. The number of benzene rings is 2. The lowest BCUT2D eigenvalue weighted by Crippen LogP contribution is -2.30. The summed E-state index contributed by atoms with van der Waals surface area (Å²) in [5.74, 6) is -0.463. The van der Waals surface area contributed by atoms with E-state index in [9.17, 15) is 14.4 Å². The Morgan fingerprint density at radius 1 is 1.00 bits per heavy atom. The molecule has 0 spiro atoms. The number of rotatable bonds is 8. The Balaban J connectivity index is 1.93. The molecule has 0 fully saturated rings. The number of ketones is 1. The van der Waals surface area contributed by atoms with Crippen LogP contribution in [0.3, 0.4) is 0 Å². The largest absolute Gasteiger partial charge is 0.493 e. The Kier molecular flexibility index (Phi) is 6.91. The molecule has 0 saturated heterocycles. The Morgan fingerprint density at radius 2 is 1.73 bits per heavy atom. The van der Waals surface area contributed by atoms with Crippen molar-refractivity contribution in [1.82, 2.24) is 5.32 Å². The molecule has 0 bridgehead atoms. The van der Waals surface area contributed by atoms with Crippen molar-refractivity contribution >= 4 is 17.7 Å². The highest BCUT2D eigenvalue weighted by molar-refractivity contribution is 5.96. The molecule has 0 radical (unpaired) electrons. The van der Waals surface area contributed by atoms with Crippen LogP contribution in [0.1, 0.15) is 40.1 Å². The summed E-state index contributed by atoms with van der Waals surface area (Å²) in [7, 11) is 0. The van der Waals surface area contributed by atoms with Crippen molar-refractivity contribution in [3.05, 3.63) is 65.2 Å². The molecule has 0 atom stereocenters. The monoisotopic (exact) mass is 355 g/mol. The maximum Gasteiger partial charge on any atom is 0.325 e. The van der Waals surface area contributed by atoms with Crippen LogP contribution in [-0.4, -0.2) is 30.8 Å². The van der Waals surface area contributed by atoms with Crippen LogP contribution in [0, 0.1) is 0 Å². The standard InChI is InChI=1S/C20H21NO5/c1-3-25-18-10-9-16(14(2)22)11-17(18)13-26-19(23)12-21-20(24)15-7-5-4-6-8-15/h4-11H,3,12-13H2,1-2H3,(H,21,24). The molecule has 0 aliphatic rings. The van der Waals surface area contributed by atoms with Gasteiger partial charge < -0.3 is 14.8 Å². The third kappa shape index (κ3) is 5.44. The first-order chi connectivity index (χ1) is 12.5. The van der Waals surface area contributed by atoms with E-state index in [1.807, 2.05) is 6.92 Å². The SMILES string of the molecule is CCOc1ccc(C(C)=O)cc1COC(=O)CNC(=O)c1ccccc1. The maximum atomic E-state index is 11.9. The van der Waals surface area contributed by atoms with Gasteiger partial charge in [-0.1, -0.05) is 18.2 Å². The molecule has 6 heteroatoms. The Bertz CT molecular complexity index is 786. The van der Waals surface area contributed by atoms with Crippen LogP contribution in [0.25, 0.3) is 0 Å². The number of hydrogen-bond donors (Lipinski definition) is 1. The molecule has 0 aliphatic carbocycles. The number of ether oxygens (including phenoxy) is 2. The number of esters is 1. The van der Waals surface area contributed by atoms with Crippen molar-refractivity contribution < 1.29 is 23.9 Å². The molecule has 2 rings (SSSR count). The molecule has 1 amide bonds. The second-order valence-corrected chi connectivity index (χ2v) is 5.52. The highest BCUT2D eigenvalue weighted by atomic mass is 16.5. The van der Waals surface area contributed by atoms with Crippen LogP contribution in [-0.2, 0) is 16.1 Å². The predicted molar refractivity (Wildman–Crippen MR) is 96.2 cm³/mol. The second kappa shape index (κ2) is 9.36. The van der Waals surface area contributed by atoms with Gasteiger partial charge >= 0.3 is 5.97 Å². The number of amides is 1. The van der Waals surface area contributed by atoms with Gasteiger partial charge in [0, 0.05) is 16.7 Å². The van der Waals surface area contributed by atoms with Crippen molar-refractivity contribution in [3.8, 4) is 5.75 Å². The molecule has 0 aromatic heterocycles. The second-order valence-electron chi connectivity index (χ2n) is 5.52. The molecule has 1 N–H and O–H groups in total. The Morgan fingerprint density at radius 3 is 2.38 bits per heavy atom. The highest BCUT2D eigenvalue weighted by Crippen LogP contribution is 2.21. The van der Waals surface area contributed by atoms with Crippen molar-refractivity contribution in [2.45, 2.75) is 20.5 Å². The predicted octanol–water partition coefficient (Wildman–Crippen LogP) is 2.76. The minimum Gasteiger partial charge on any atom is -0.493 e. The zero-order valence-electron chi connectivity index (χ0n) is 14.8. The summed E-state index contributed by atoms with van der Waals surface area (Å²) in [6.45, 7) is 3.46. The van der Waals surface area contributed by atoms with E-state index >= 15 is 0 Å². The first kappa shape index (κ1) is 19.2. The molecule has 26 heavy (non-hydrogen) atoms. The van der Waals surface area contributed by atoms with E-state index in [2.05, 4.69) is 5.32 Å². The Labute approximate surface area is 152 Å². The van der Waals surface area contributed by atoms with Crippen LogP contribution in [0.4, 0.5) is 0 Å². The van der Waals surface area contributed by atoms with Gasteiger partial charge in [-0.2, -0.15) is 0 Å². The minimum absolute atomic E-state index is 0.0451. The van der Waals surface area contributed by atoms with E-state index in [0.717, 1.165) is 0 Å². The van der Waals surface area contributed by atoms with Gasteiger partial charge in [0.05, 0.1) is 6.61 Å². The molecular weight excluding hydrogens is 334 g/mol. The van der Waals surface area contributed by atoms with E-state index in [-0.39, 0.29) is 24.8 Å². The zero-order chi connectivity index (χ0) is 18.9. The van der Waals surface area contributed by atoms with Crippen LogP contribution in [0.2, 0.25) is 0 Å². The lowest BCUT2D eigenvalue weighted by Gasteiger charge is -2.12. The quantitative estimate of drug-likeness (QED) is 0.582. The van der Waals surface area contributed by atoms with Crippen molar-refractivity contribution in [2.75, 3.05) is 13.2 Å². The Hall–Kier alpha value is -3.15. The van der Waals surface area contributed by atoms with Gasteiger partial charge in [0.15, 0.2) is 5.78 Å². The molecule has 2 aromatic carbocycles. The van der Waals surface area contributed by atoms with Crippen LogP contribution in [0.5, 0.6) is 5.75 Å². The number of hydrogen-bond acceptors (Lipinski definition) is 5. The van der Waals surface area contributed by atoms with Gasteiger partial charge in [0.1, 0.15) is 18.9 Å². The number of carbonyl (C=O) groups is 3. The van der Waals surface area contributed by atoms with E-state index in [1.165, 1.54) is 6.92 Å². The third-order valence-electron chi connectivity index (χ3n) is 3.58. The fourth-order valence-corrected chi connectivity index (χ4v) is 2.26. The van der Waals surface area contributed by atoms with E-state index in [1.54, 1.807) is 48.5 Å². The lowest BCUT2D eigenvalue weighted by molar-refractivity contribution is -0.143. The molecule has 6 nitrogen and oxygen atoms in total. The van der Waals surface area contributed by atoms with Crippen LogP contribution >= 0.6 is 0 Å². The van der Waals surface area contributed by atoms with Crippen molar-refractivity contribution in [3.63, 3.8) is 0 Å². The van der Waals surface area contributed by atoms with Gasteiger partial charge in [0.25, 0.3) is 5.91 Å². The molecule has 0 unspecified atom stereocenters. The van der Waals surface area contributed by atoms with Gasteiger partial charge in [0.2, 0.25) is 0 Å². The average Bonchev–Trinajstić information content (AvgIpc) is 2.66. The minimum atomic E-state index is -0.579. The van der Waals surface area contributed by atoms with Gasteiger partial charge in [-0.25, -0.2) is 0 Å². The fourth-order valence-electron chi connectivity index (χ4n) is 2.26. The van der Waals surface area contributed by atoms with Crippen LogP contribution < -0.4 is 10.1 Å². The van der Waals surface area contributed by atoms with Gasteiger partial charge in [-0.05, 0) is 44.2 Å². The smallest absolute Gasteiger partial charge is 0.325 e. The summed E-state index contributed by atoms with van der Waals surface area (Å²) >= 11 is 0. The third-order valence-corrected chi connectivity index (χ3v) is 3.58. The average molecular weight is 355 g/mol. The summed E-state index contributed by atoms with van der Waals surface area (Å²) in [6.07, 6.45) is 0. The summed E-state index contributed by atoms with van der Waals surface area (Å²) in [5, 5.41) is 2.51. The summed E-state index contributed by atoms with van der Waals surface area (Å²) in [6, 6.07) is 13.6. The van der Waals surface area contributed by atoms with E-state index in [0.29, 0.717) is 29.0 Å². The lowest BCUT2D eigenvalue weighted by atomic mass is 10.1. The topological polar surface area (TPSA) is 81.7 Å². The number of carbonyl (C=O) groups excluding carboxylic acids is 3. The van der Waals surface area contributed by atoms with E-state index < -0.39 is 5.97 Å². The number of nitrogens with one attached hydrogen (secondary N) is 1. The first-order valence-electron chi connectivity index (χ1n) is 8.26. The molecular formula is C20H21NO5. The van der Waals surface area contributed by atoms with Gasteiger partial charge in [-0.3, -0.25) is 14.4 Å². The molecule has 136 valence electrons.